The van der Waals surface area contributed by atoms with Crippen LogP contribution in [0.1, 0.15) is 0 Å². The van der Waals surface area contributed by atoms with Crippen LogP contribution < -0.4 is 10.5 Å². The molecule has 0 aliphatic rings. The zero-order valence-corrected chi connectivity index (χ0v) is 7.82. The minimum atomic E-state index is -0.411. The van der Waals surface area contributed by atoms with Gasteiger partial charge in [-0.05, 0) is 11.4 Å². The highest BCUT2D eigenvalue weighted by Gasteiger charge is 2.11. The second-order valence-electron chi connectivity index (χ2n) is 2.64. The Bertz CT molecular complexity index is 452. The second-order valence-corrected chi connectivity index (χ2v) is 3.56. The lowest BCUT2D eigenvalue weighted by Crippen LogP contribution is -1.92. The molecule has 0 bridgehead atoms. The third-order valence-corrected chi connectivity index (χ3v) is 2.84. The van der Waals surface area contributed by atoms with Gasteiger partial charge in [0.25, 0.3) is 0 Å². The molecule has 2 aromatic rings. The monoisotopic (exact) mass is 197 g/mol. The summed E-state index contributed by atoms with van der Waals surface area (Å²) in [6, 6.07) is 3.09. The summed E-state index contributed by atoms with van der Waals surface area (Å²) in [6.07, 6.45) is 0. The molecule has 0 radical (unpaired) electrons. The fraction of sp³-hybridized carbons (Fsp3) is 0.111. The van der Waals surface area contributed by atoms with Gasteiger partial charge in [-0.1, -0.05) is 0 Å². The van der Waals surface area contributed by atoms with Gasteiger partial charge in [0.1, 0.15) is 0 Å². The molecule has 0 spiro atoms. The van der Waals surface area contributed by atoms with E-state index in [9.17, 15) is 4.39 Å². The molecule has 1 heterocycles. The molecule has 0 unspecified atom stereocenters. The van der Waals surface area contributed by atoms with Crippen molar-refractivity contribution < 1.29 is 9.13 Å². The SMILES string of the molecule is COc1c(F)cc(N)c2sccc12. The van der Waals surface area contributed by atoms with Crippen LogP contribution in [0.25, 0.3) is 10.1 Å². The molecule has 1 aromatic heterocycles. The smallest absolute Gasteiger partial charge is 0.167 e. The molecular formula is C9H8FNOS. The van der Waals surface area contributed by atoms with E-state index in [0.29, 0.717) is 5.69 Å². The first-order chi connectivity index (χ1) is 6.24. The van der Waals surface area contributed by atoms with E-state index >= 15 is 0 Å². The third kappa shape index (κ3) is 1.14. The van der Waals surface area contributed by atoms with Gasteiger partial charge in [-0.25, -0.2) is 4.39 Å². The number of ether oxygens (including phenoxy) is 1. The van der Waals surface area contributed by atoms with Crippen LogP contribution in [0, 0.1) is 5.82 Å². The molecule has 0 aliphatic carbocycles. The van der Waals surface area contributed by atoms with E-state index in [1.54, 1.807) is 6.07 Å². The predicted molar refractivity (Wildman–Crippen MR) is 52.7 cm³/mol. The normalized spacial score (nSPS) is 10.6. The lowest BCUT2D eigenvalue weighted by atomic mass is 10.2. The summed E-state index contributed by atoms with van der Waals surface area (Å²) in [5, 5.41) is 2.60. The molecule has 13 heavy (non-hydrogen) atoms. The van der Waals surface area contributed by atoms with Crippen LogP contribution in [-0.2, 0) is 0 Å². The van der Waals surface area contributed by atoms with Crippen molar-refractivity contribution in [2.45, 2.75) is 0 Å². The summed E-state index contributed by atoms with van der Waals surface area (Å²) >= 11 is 1.48. The van der Waals surface area contributed by atoms with Crippen molar-refractivity contribution in [3.05, 3.63) is 23.3 Å². The minimum Gasteiger partial charge on any atom is -0.493 e. The fourth-order valence-electron chi connectivity index (χ4n) is 1.32. The molecule has 4 heteroatoms. The van der Waals surface area contributed by atoms with Gasteiger partial charge in [0.2, 0.25) is 0 Å². The first kappa shape index (κ1) is 8.31. The molecule has 1 aromatic carbocycles. The minimum absolute atomic E-state index is 0.269. The molecule has 2 N–H and O–H groups in total. The van der Waals surface area contributed by atoms with Gasteiger partial charge in [-0.3, -0.25) is 0 Å². The van der Waals surface area contributed by atoms with Crippen LogP contribution >= 0.6 is 11.3 Å². The van der Waals surface area contributed by atoms with E-state index in [0.717, 1.165) is 10.1 Å². The maximum atomic E-state index is 13.3. The van der Waals surface area contributed by atoms with E-state index in [2.05, 4.69) is 0 Å². The van der Waals surface area contributed by atoms with Gasteiger partial charge >= 0.3 is 0 Å². The first-order valence-corrected chi connectivity index (χ1v) is 4.61. The molecule has 2 rings (SSSR count). The summed E-state index contributed by atoms with van der Waals surface area (Å²) in [6.45, 7) is 0. The summed E-state index contributed by atoms with van der Waals surface area (Å²) < 4.78 is 19.1. The number of halogens is 1. The van der Waals surface area contributed by atoms with E-state index in [1.807, 2.05) is 5.38 Å². The average molecular weight is 197 g/mol. The number of rotatable bonds is 1. The Hall–Kier alpha value is -1.29. The highest BCUT2D eigenvalue weighted by Crippen LogP contribution is 2.36. The van der Waals surface area contributed by atoms with Crippen LogP contribution in [0.2, 0.25) is 0 Å². The molecule has 0 atom stereocenters. The molecule has 0 amide bonds. The molecule has 0 saturated carbocycles. The summed E-state index contributed by atoms with van der Waals surface area (Å²) in [5.74, 6) is -0.142. The molecule has 2 nitrogen and oxygen atoms in total. The summed E-state index contributed by atoms with van der Waals surface area (Å²) in [5.41, 5.74) is 6.10. The molecule has 0 fully saturated rings. The standard InChI is InChI=1S/C9H8FNOS/c1-12-8-5-2-3-13-9(5)7(11)4-6(8)10/h2-4H,11H2,1H3. The van der Waals surface area contributed by atoms with Gasteiger partial charge in [0.05, 0.1) is 17.5 Å². The van der Waals surface area contributed by atoms with Crippen molar-refractivity contribution in [1.82, 2.24) is 0 Å². The van der Waals surface area contributed by atoms with Crippen molar-refractivity contribution >= 4 is 27.1 Å². The maximum Gasteiger partial charge on any atom is 0.167 e. The Labute approximate surface area is 78.7 Å². The fourth-order valence-corrected chi connectivity index (χ4v) is 2.14. The average Bonchev–Trinajstić information content (AvgIpc) is 2.53. The first-order valence-electron chi connectivity index (χ1n) is 3.73. The van der Waals surface area contributed by atoms with Crippen molar-refractivity contribution in [2.24, 2.45) is 0 Å². The molecule has 0 aliphatic heterocycles. The van der Waals surface area contributed by atoms with Gasteiger partial charge in [0.15, 0.2) is 11.6 Å². The van der Waals surface area contributed by atoms with Crippen molar-refractivity contribution in [3.63, 3.8) is 0 Å². The second kappa shape index (κ2) is 2.88. The number of thiophene rings is 1. The van der Waals surface area contributed by atoms with Crippen molar-refractivity contribution in [2.75, 3.05) is 12.8 Å². The Kier molecular flexibility index (Phi) is 1.84. The number of anilines is 1. The molecule has 0 saturated heterocycles. The van der Waals surface area contributed by atoms with Crippen LogP contribution in [0.4, 0.5) is 10.1 Å². The lowest BCUT2D eigenvalue weighted by Gasteiger charge is -2.04. The summed E-state index contributed by atoms with van der Waals surface area (Å²) in [7, 11) is 1.45. The van der Waals surface area contributed by atoms with Gasteiger partial charge < -0.3 is 10.5 Å². The van der Waals surface area contributed by atoms with Crippen LogP contribution in [0.15, 0.2) is 17.5 Å². The number of nitrogens with two attached hydrogens (primary N) is 1. The number of methoxy groups -OCH3 is 1. The number of fused-ring (bicyclic) bond motifs is 1. The molecular weight excluding hydrogens is 189 g/mol. The largest absolute Gasteiger partial charge is 0.493 e. The number of hydrogen-bond acceptors (Lipinski definition) is 3. The zero-order valence-electron chi connectivity index (χ0n) is 7.00. The number of nitrogen functional groups attached to an aromatic ring is 1. The summed E-state index contributed by atoms with van der Waals surface area (Å²) in [4.78, 5) is 0. The predicted octanol–water partition coefficient (Wildman–Crippen LogP) is 2.63. The van der Waals surface area contributed by atoms with Crippen LogP contribution in [0.5, 0.6) is 5.75 Å². The van der Waals surface area contributed by atoms with Crippen LogP contribution in [-0.4, -0.2) is 7.11 Å². The number of benzene rings is 1. The topological polar surface area (TPSA) is 35.2 Å². The van der Waals surface area contributed by atoms with E-state index < -0.39 is 5.82 Å². The van der Waals surface area contributed by atoms with Gasteiger partial charge in [-0.15, -0.1) is 11.3 Å². The highest BCUT2D eigenvalue weighted by molar-refractivity contribution is 7.17. The van der Waals surface area contributed by atoms with Crippen molar-refractivity contribution in [3.8, 4) is 5.75 Å². The Balaban J connectivity index is 2.88. The Morgan fingerprint density at radius 3 is 3.00 bits per heavy atom. The zero-order chi connectivity index (χ0) is 9.42. The Morgan fingerprint density at radius 1 is 1.54 bits per heavy atom. The highest BCUT2D eigenvalue weighted by atomic mass is 32.1. The van der Waals surface area contributed by atoms with E-state index in [1.165, 1.54) is 24.5 Å². The lowest BCUT2D eigenvalue weighted by molar-refractivity contribution is 0.392. The van der Waals surface area contributed by atoms with E-state index in [4.69, 9.17) is 10.5 Å². The van der Waals surface area contributed by atoms with Crippen molar-refractivity contribution in [1.29, 1.82) is 0 Å². The van der Waals surface area contributed by atoms with E-state index in [-0.39, 0.29) is 5.75 Å². The van der Waals surface area contributed by atoms with Gasteiger partial charge in [-0.2, -0.15) is 0 Å². The van der Waals surface area contributed by atoms with Crippen LogP contribution in [0.3, 0.4) is 0 Å². The Morgan fingerprint density at radius 2 is 2.31 bits per heavy atom. The third-order valence-electron chi connectivity index (χ3n) is 1.88. The maximum absolute atomic E-state index is 13.3. The quantitative estimate of drug-likeness (QED) is 0.713. The molecule has 68 valence electrons. The number of hydrogen-bond donors (Lipinski definition) is 1. The van der Waals surface area contributed by atoms with Gasteiger partial charge in [0, 0.05) is 11.5 Å².